The van der Waals surface area contributed by atoms with Gasteiger partial charge in [-0.15, -0.1) is 0 Å². The molecule has 1 atom stereocenters. The summed E-state index contributed by atoms with van der Waals surface area (Å²) in [6.07, 6.45) is 13.0. The van der Waals surface area contributed by atoms with Gasteiger partial charge in [-0.3, -0.25) is 9.79 Å². The number of nitrogens with zero attached hydrogens (tertiary/aromatic N) is 2. The second-order valence-corrected chi connectivity index (χ2v) is 9.47. The topological polar surface area (TPSA) is 69.6 Å². The Morgan fingerprint density at radius 3 is 2.82 bits per heavy atom. The molecule has 5 nitrogen and oxygen atoms in total. The highest BCUT2D eigenvalue weighted by molar-refractivity contribution is 9.10. The third-order valence-electron chi connectivity index (χ3n) is 5.10. The fourth-order valence-electron chi connectivity index (χ4n) is 3.53. The van der Waals surface area contributed by atoms with Crippen molar-refractivity contribution in [2.75, 3.05) is 5.32 Å². The van der Waals surface area contributed by atoms with E-state index in [0.717, 1.165) is 38.9 Å². The van der Waals surface area contributed by atoms with Gasteiger partial charge in [0.15, 0.2) is 5.78 Å². The van der Waals surface area contributed by atoms with Crippen LogP contribution in [0.15, 0.2) is 81.0 Å². The fraction of sp³-hybridized carbons (Fsp3) is 0.296. The van der Waals surface area contributed by atoms with Crippen molar-refractivity contribution in [1.29, 1.82) is 0 Å². The molecule has 0 aliphatic carbocycles. The lowest BCUT2D eigenvalue weighted by molar-refractivity contribution is 0.0964. The summed E-state index contributed by atoms with van der Waals surface area (Å²) in [5.41, 5.74) is 3.98. The van der Waals surface area contributed by atoms with Crippen LogP contribution in [0.5, 0.6) is 0 Å². The number of aromatic nitrogens is 1. The number of carbonyl (C=O) groups excluding carboxylic acids is 1. The van der Waals surface area contributed by atoms with Crippen molar-refractivity contribution >= 4 is 50.4 Å². The van der Waals surface area contributed by atoms with Crippen LogP contribution in [0.2, 0.25) is 0 Å². The number of allylic oxidation sites excluding steroid dienone is 4. The molecule has 172 valence electrons. The van der Waals surface area contributed by atoms with E-state index in [2.05, 4.69) is 50.8 Å². The highest BCUT2D eigenvalue weighted by Crippen LogP contribution is 2.30. The van der Waals surface area contributed by atoms with E-state index in [1.807, 2.05) is 63.4 Å². The molecule has 1 aromatic heterocycles. The third-order valence-corrected chi connectivity index (χ3v) is 5.73. The zero-order valence-electron chi connectivity index (χ0n) is 19.7. The van der Waals surface area contributed by atoms with E-state index in [1.54, 1.807) is 6.08 Å². The number of H-pyrrole nitrogens is 1. The number of nitrogens with one attached hydrogen (secondary N) is 2. The monoisotopic (exact) mass is 506 g/mol. The SMILES string of the molecule is C=C\C=C(/N=C(\C=C/C)Nc1cc(Br)c2[nH]c(C(=O)CC(C)C)cc2c1)C1=CCC(C)C=N1. The zero-order chi connectivity index (χ0) is 24.0. The Kier molecular flexibility index (Phi) is 8.39. The molecule has 3 rings (SSSR count). The van der Waals surface area contributed by atoms with Crippen LogP contribution in [-0.2, 0) is 0 Å². The minimum atomic E-state index is 0.119. The van der Waals surface area contributed by atoms with Gasteiger partial charge < -0.3 is 10.3 Å². The number of rotatable bonds is 8. The van der Waals surface area contributed by atoms with Crippen LogP contribution in [0, 0.1) is 11.8 Å². The van der Waals surface area contributed by atoms with Crippen LogP contribution in [0.25, 0.3) is 10.9 Å². The highest BCUT2D eigenvalue weighted by Gasteiger charge is 2.14. The number of amidine groups is 1. The number of aromatic amines is 1. The summed E-state index contributed by atoms with van der Waals surface area (Å²) in [5, 5.41) is 4.35. The van der Waals surface area contributed by atoms with Crippen molar-refractivity contribution in [3.8, 4) is 0 Å². The van der Waals surface area contributed by atoms with E-state index in [1.165, 1.54) is 0 Å². The quantitative estimate of drug-likeness (QED) is 0.167. The largest absolute Gasteiger partial charge is 0.351 e. The maximum atomic E-state index is 12.5. The van der Waals surface area contributed by atoms with Crippen molar-refractivity contribution < 1.29 is 4.79 Å². The molecule has 2 N–H and O–H groups in total. The summed E-state index contributed by atoms with van der Waals surface area (Å²) in [5.74, 6) is 1.54. The van der Waals surface area contributed by atoms with Crippen LogP contribution in [0.4, 0.5) is 5.69 Å². The van der Waals surface area contributed by atoms with Crippen molar-refractivity contribution in [1.82, 2.24) is 4.98 Å². The van der Waals surface area contributed by atoms with Gasteiger partial charge in [0.2, 0.25) is 0 Å². The number of hydrogen-bond acceptors (Lipinski definition) is 3. The summed E-state index contributed by atoms with van der Waals surface area (Å²) in [7, 11) is 0. The molecule has 1 aliphatic heterocycles. The van der Waals surface area contributed by atoms with Gasteiger partial charge in [-0.2, -0.15) is 0 Å². The molecule has 2 heterocycles. The number of anilines is 1. The molecule has 0 amide bonds. The molecule has 0 saturated carbocycles. The predicted molar refractivity (Wildman–Crippen MR) is 144 cm³/mol. The van der Waals surface area contributed by atoms with Crippen LogP contribution < -0.4 is 5.32 Å². The number of hydrogen-bond donors (Lipinski definition) is 2. The van der Waals surface area contributed by atoms with Crippen molar-refractivity contribution in [2.45, 2.75) is 40.5 Å². The number of Topliss-reactive ketones (excluding diaryl/α,β-unsaturated/α-hetero) is 1. The number of benzene rings is 1. The molecule has 0 saturated heterocycles. The molecule has 0 spiro atoms. The third kappa shape index (κ3) is 6.51. The lowest BCUT2D eigenvalue weighted by Gasteiger charge is -2.13. The average Bonchev–Trinajstić information content (AvgIpc) is 3.19. The fourth-order valence-corrected chi connectivity index (χ4v) is 4.10. The van der Waals surface area contributed by atoms with Gasteiger partial charge in [0.1, 0.15) is 5.84 Å². The zero-order valence-corrected chi connectivity index (χ0v) is 21.2. The lowest BCUT2D eigenvalue weighted by Crippen LogP contribution is -2.10. The minimum Gasteiger partial charge on any atom is -0.351 e. The van der Waals surface area contributed by atoms with E-state index in [4.69, 9.17) is 4.99 Å². The van der Waals surface area contributed by atoms with Crippen LogP contribution in [-0.4, -0.2) is 22.8 Å². The highest BCUT2D eigenvalue weighted by atomic mass is 79.9. The summed E-state index contributed by atoms with van der Waals surface area (Å²) >= 11 is 3.64. The van der Waals surface area contributed by atoms with Crippen molar-refractivity contribution in [3.05, 3.63) is 76.7 Å². The Hall–Kier alpha value is -2.99. The van der Waals surface area contributed by atoms with E-state index in [-0.39, 0.29) is 5.78 Å². The molecule has 1 unspecified atom stereocenters. The van der Waals surface area contributed by atoms with E-state index in [9.17, 15) is 4.79 Å². The first-order valence-corrected chi connectivity index (χ1v) is 12.0. The van der Waals surface area contributed by atoms with Crippen molar-refractivity contribution in [2.24, 2.45) is 21.8 Å². The number of ketones is 1. The van der Waals surface area contributed by atoms with E-state index in [0.29, 0.717) is 29.8 Å². The van der Waals surface area contributed by atoms with Gasteiger partial charge in [-0.05, 0) is 71.5 Å². The van der Waals surface area contributed by atoms with Crippen LogP contribution in [0.3, 0.4) is 0 Å². The smallest absolute Gasteiger partial charge is 0.179 e. The molecule has 2 aromatic rings. The molecule has 6 heteroatoms. The van der Waals surface area contributed by atoms with E-state index >= 15 is 0 Å². The first-order chi connectivity index (χ1) is 15.8. The van der Waals surface area contributed by atoms with Gasteiger partial charge in [0, 0.05) is 28.2 Å². The normalized spacial score (nSPS) is 17.2. The maximum absolute atomic E-state index is 12.5. The molecule has 0 radical (unpaired) electrons. The first kappa shape index (κ1) is 24.6. The number of carbonyl (C=O) groups is 1. The van der Waals surface area contributed by atoms with Gasteiger partial charge in [0.25, 0.3) is 0 Å². The molecule has 1 aromatic carbocycles. The second kappa shape index (κ2) is 11.2. The molecular formula is C27H31BrN4O. The van der Waals surface area contributed by atoms with Gasteiger partial charge in [-0.25, -0.2) is 4.99 Å². The Morgan fingerprint density at radius 1 is 1.39 bits per heavy atom. The number of aliphatic imine (C=N–C) groups is 2. The molecular weight excluding hydrogens is 476 g/mol. The van der Waals surface area contributed by atoms with Crippen molar-refractivity contribution in [3.63, 3.8) is 0 Å². The first-order valence-electron chi connectivity index (χ1n) is 11.2. The minimum absolute atomic E-state index is 0.119. The molecule has 0 bridgehead atoms. The Bertz CT molecular complexity index is 1190. The molecule has 1 aliphatic rings. The van der Waals surface area contributed by atoms with Gasteiger partial charge >= 0.3 is 0 Å². The summed E-state index contributed by atoms with van der Waals surface area (Å²) in [6, 6.07) is 5.90. The Balaban J connectivity index is 1.93. The predicted octanol–water partition coefficient (Wildman–Crippen LogP) is 7.61. The summed E-state index contributed by atoms with van der Waals surface area (Å²) in [6.45, 7) is 12.0. The summed E-state index contributed by atoms with van der Waals surface area (Å²) < 4.78 is 0.876. The average molecular weight is 507 g/mol. The van der Waals surface area contributed by atoms with Crippen LogP contribution >= 0.6 is 15.9 Å². The maximum Gasteiger partial charge on any atom is 0.179 e. The van der Waals surface area contributed by atoms with Crippen LogP contribution in [0.1, 0.15) is 51.0 Å². The number of fused-ring (bicyclic) bond motifs is 1. The van der Waals surface area contributed by atoms with Gasteiger partial charge in [0.05, 0.1) is 22.6 Å². The molecule has 0 fully saturated rings. The number of halogens is 1. The lowest BCUT2D eigenvalue weighted by atomic mass is 10.1. The Labute approximate surface area is 204 Å². The summed E-state index contributed by atoms with van der Waals surface area (Å²) in [4.78, 5) is 25.2. The van der Waals surface area contributed by atoms with E-state index < -0.39 is 0 Å². The van der Waals surface area contributed by atoms with Gasteiger partial charge in [-0.1, -0.05) is 45.6 Å². The standard InChI is InChI=1S/C27H31BrN4O/c1-6-8-23(22-11-10-18(5)16-29-22)31-26(9-7-2)30-20-13-19-14-24(25(33)12-17(3)4)32-27(19)21(28)15-20/h6-9,11,13-18,32H,1,10,12H2,2-5H3,(H,30,31)/b9-7-,23-8-. The second-order valence-electron chi connectivity index (χ2n) is 8.62. The Morgan fingerprint density at radius 2 is 2.18 bits per heavy atom. The molecule has 33 heavy (non-hydrogen) atoms.